The number of nitrogens with two attached hydrogens (primary N) is 1. The third-order valence-corrected chi connectivity index (χ3v) is 4.17. The Hall–Kier alpha value is -1.51. The van der Waals surface area contributed by atoms with Gasteiger partial charge in [0, 0.05) is 15.6 Å². The van der Waals surface area contributed by atoms with Gasteiger partial charge in [0.2, 0.25) is 0 Å². The number of nitrogens with zero attached hydrogens (tertiary/aromatic N) is 2. The Morgan fingerprint density at radius 2 is 2.06 bits per heavy atom. The van der Waals surface area contributed by atoms with E-state index in [9.17, 15) is 0 Å². The molecule has 0 amide bonds. The minimum absolute atomic E-state index is 0.427. The van der Waals surface area contributed by atoms with Crippen molar-refractivity contribution in [3.63, 3.8) is 0 Å². The lowest BCUT2D eigenvalue weighted by Gasteiger charge is -2.06. The smallest absolute Gasteiger partial charge is 0.125 e. The molecule has 0 saturated carbocycles. The molecule has 3 nitrogen and oxygen atoms in total. The summed E-state index contributed by atoms with van der Waals surface area (Å²) in [5.41, 5.74) is 6.75. The van der Waals surface area contributed by atoms with E-state index in [0.717, 1.165) is 9.37 Å². The maximum atomic E-state index is 8.89. The van der Waals surface area contributed by atoms with Crippen LogP contribution >= 0.6 is 27.7 Å². The van der Waals surface area contributed by atoms with E-state index < -0.39 is 0 Å². The molecule has 0 atom stereocenters. The van der Waals surface area contributed by atoms with Crippen molar-refractivity contribution in [2.75, 3.05) is 5.73 Å². The lowest BCUT2D eigenvalue weighted by Crippen LogP contribution is -1.95. The van der Waals surface area contributed by atoms with Gasteiger partial charge in [-0.25, -0.2) is 4.98 Å². The Morgan fingerprint density at radius 3 is 2.76 bits per heavy atom. The number of nitrogen functional groups attached to an aromatic ring is 1. The van der Waals surface area contributed by atoms with Crippen molar-refractivity contribution < 1.29 is 0 Å². The minimum atomic E-state index is 0.427. The van der Waals surface area contributed by atoms with Crippen LogP contribution in [0.1, 0.15) is 5.56 Å². The highest BCUT2D eigenvalue weighted by Crippen LogP contribution is 2.35. The van der Waals surface area contributed by atoms with Crippen LogP contribution in [0.3, 0.4) is 0 Å². The summed E-state index contributed by atoms with van der Waals surface area (Å²) in [6.07, 6.45) is 1.59. The molecule has 1 aromatic heterocycles. The summed E-state index contributed by atoms with van der Waals surface area (Å²) in [6, 6.07) is 11.5. The molecular formula is C12H8BrN3S. The first-order chi connectivity index (χ1) is 8.22. The molecule has 0 spiro atoms. The first-order valence-electron chi connectivity index (χ1n) is 4.79. The fraction of sp³-hybridized carbons (Fsp3) is 0. The number of rotatable bonds is 2. The number of hydrogen-bond donors (Lipinski definition) is 1. The molecule has 0 fully saturated rings. The summed E-state index contributed by atoms with van der Waals surface area (Å²) in [4.78, 5) is 5.20. The van der Waals surface area contributed by atoms with Crippen molar-refractivity contribution in [3.05, 3.63) is 46.6 Å². The quantitative estimate of drug-likeness (QED) is 0.923. The fourth-order valence-corrected chi connectivity index (χ4v) is 2.65. The number of benzene rings is 1. The average Bonchev–Trinajstić information content (AvgIpc) is 2.34. The highest BCUT2D eigenvalue weighted by molar-refractivity contribution is 9.10. The van der Waals surface area contributed by atoms with Crippen molar-refractivity contribution in [3.8, 4) is 6.07 Å². The van der Waals surface area contributed by atoms with Crippen LogP contribution in [0.2, 0.25) is 0 Å². The van der Waals surface area contributed by atoms with E-state index in [1.54, 1.807) is 12.3 Å². The van der Waals surface area contributed by atoms with E-state index >= 15 is 0 Å². The number of pyridine rings is 1. The number of hydrogen-bond acceptors (Lipinski definition) is 4. The predicted molar refractivity (Wildman–Crippen MR) is 71.6 cm³/mol. The maximum absolute atomic E-state index is 8.89. The molecule has 0 unspecified atom stereocenters. The van der Waals surface area contributed by atoms with E-state index in [0.29, 0.717) is 16.3 Å². The summed E-state index contributed by atoms with van der Waals surface area (Å²) >= 11 is 4.90. The van der Waals surface area contributed by atoms with Crippen LogP contribution in [0.4, 0.5) is 5.69 Å². The second-order valence-electron chi connectivity index (χ2n) is 3.22. The second-order valence-corrected chi connectivity index (χ2v) is 5.11. The van der Waals surface area contributed by atoms with Gasteiger partial charge in [0.25, 0.3) is 0 Å². The number of nitriles is 1. The average molecular weight is 306 g/mol. The molecule has 1 heterocycles. The summed E-state index contributed by atoms with van der Waals surface area (Å²) in [5, 5.41) is 9.54. The zero-order chi connectivity index (χ0) is 12.3. The second kappa shape index (κ2) is 5.21. The van der Waals surface area contributed by atoms with Gasteiger partial charge in [0.15, 0.2) is 0 Å². The van der Waals surface area contributed by atoms with Gasteiger partial charge in [0.1, 0.15) is 11.1 Å². The molecule has 1 aromatic carbocycles. The van der Waals surface area contributed by atoms with Crippen LogP contribution in [0.5, 0.6) is 0 Å². The fourth-order valence-electron chi connectivity index (χ4n) is 1.26. The zero-order valence-electron chi connectivity index (χ0n) is 8.72. The molecule has 2 rings (SSSR count). The van der Waals surface area contributed by atoms with Gasteiger partial charge in [-0.2, -0.15) is 5.26 Å². The molecule has 5 heteroatoms. The van der Waals surface area contributed by atoms with Crippen molar-refractivity contribution in [2.24, 2.45) is 0 Å². The Morgan fingerprint density at radius 1 is 1.29 bits per heavy atom. The highest BCUT2D eigenvalue weighted by atomic mass is 79.9. The summed E-state index contributed by atoms with van der Waals surface area (Å²) in [7, 11) is 0. The molecule has 0 aliphatic heterocycles. The lowest BCUT2D eigenvalue weighted by molar-refractivity contribution is 1.13. The maximum Gasteiger partial charge on any atom is 0.125 e. The monoisotopic (exact) mass is 305 g/mol. The Labute approximate surface area is 112 Å². The largest absolute Gasteiger partial charge is 0.395 e. The molecule has 0 aliphatic rings. The summed E-state index contributed by atoms with van der Waals surface area (Å²) in [6.45, 7) is 0. The van der Waals surface area contributed by atoms with Gasteiger partial charge in [-0.15, -0.1) is 0 Å². The van der Waals surface area contributed by atoms with Gasteiger partial charge in [-0.3, -0.25) is 0 Å². The van der Waals surface area contributed by atoms with Gasteiger partial charge >= 0.3 is 0 Å². The van der Waals surface area contributed by atoms with Crippen LogP contribution in [0.15, 0.2) is 50.9 Å². The first-order valence-corrected chi connectivity index (χ1v) is 6.40. The molecule has 0 saturated heterocycles. The Kier molecular flexibility index (Phi) is 3.67. The van der Waals surface area contributed by atoms with Crippen LogP contribution in [-0.2, 0) is 0 Å². The van der Waals surface area contributed by atoms with Crippen LogP contribution in [0, 0.1) is 11.3 Å². The Balaban J connectivity index is 2.38. The Bertz CT molecular complexity index is 593. The van der Waals surface area contributed by atoms with Gasteiger partial charge in [-0.1, -0.05) is 23.9 Å². The van der Waals surface area contributed by atoms with E-state index in [2.05, 4.69) is 20.9 Å². The number of aromatic nitrogens is 1. The number of anilines is 1. The number of halogens is 1. The SMILES string of the molecule is N#Cc1ccnc(Sc2ccccc2Br)c1N. The van der Waals surface area contributed by atoms with E-state index in [1.165, 1.54) is 11.8 Å². The normalized spacial score (nSPS) is 9.88. The topological polar surface area (TPSA) is 62.7 Å². The molecule has 84 valence electrons. The zero-order valence-corrected chi connectivity index (χ0v) is 11.1. The van der Waals surface area contributed by atoms with E-state index in [1.807, 2.05) is 30.3 Å². The third-order valence-electron chi connectivity index (χ3n) is 2.12. The molecule has 2 N–H and O–H groups in total. The van der Waals surface area contributed by atoms with E-state index in [-0.39, 0.29) is 0 Å². The minimum Gasteiger partial charge on any atom is -0.395 e. The molecule has 0 aliphatic carbocycles. The first kappa shape index (κ1) is 12.0. The molecule has 0 bridgehead atoms. The van der Waals surface area contributed by atoms with Gasteiger partial charge in [0.05, 0.1) is 11.3 Å². The van der Waals surface area contributed by atoms with Crippen LogP contribution in [0.25, 0.3) is 0 Å². The van der Waals surface area contributed by atoms with Crippen molar-refractivity contribution in [1.82, 2.24) is 4.98 Å². The summed E-state index contributed by atoms with van der Waals surface area (Å²) < 4.78 is 0.980. The molecule has 2 aromatic rings. The highest BCUT2D eigenvalue weighted by Gasteiger charge is 2.09. The van der Waals surface area contributed by atoms with Crippen molar-refractivity contribution in [1.29, 1.82) is 5.26 Å². The van der Waals surface area contributed by atoms with Gasteiger partial charge < -0.3 is 5.73 Å². The summed E-state index contributed by atoms with van der Waals surface area (Å²) in [5.74, 6) is 0. The molecule has 17 heavy (non-hydrogen) atoms. The molecular weight excluding hydrogens is 298 g/mol. The van der Waals surface area contributed by atoms with Crippen LogP contribution < -0.4 is 5.73 Å². The van der Waals surface area contributed by atoms with Crippen molar-refractivity contribution >= 4 is 33.4 Å². The van der Waals surface area contributed by atoms with E-state index in [4.69, 9.17) is 11.0 Å². The van der Waals surface area contributed by atoms with Crippen LogP contribution in [-0.4, -0.2) is 4.98 Å². The van der Waals surface area contributed by atoms with Gasteiger partial charge in [-0.05, 0) is 34.1 Å². The van der Waals surface area contributed by atoms with Crippen molar-refractivity contribution in [2.45, 2.75) is 9.92 Å². The third kappa shape index (κ3) is 2.60. The standard InChI is InChI=1S/C12H8BrN3S/c13-9-3-1-2-4-10(9)17-12-11(15)8(7-14)5-6-16-12/h1-6H,15H2. The predicted octanol–water partition coefficient (Wildman–Crippen LogP) is 3.45. The lowest BCUT2D eigenvalue weighted by atomic mass is 10.2. The molecule has 0 radical (unpaired) electrons.